The van der Waals surface area contributed by atoms with Gasteiger partial charge in [0.1, 0.15) is 11.6 Å². The molecule has 1 fully saturated rings. The molecule has 5 rings (SSSR count). The van der Waals surface area contributed by atoms with Crippen molar-refractivity contribution in [3.63, 3.8) is 0 Å². The molecule has 3 N–H and O–H groups in total. The number of imide groups is 1. The maximum atomic E-state index is 13.9. The summed E-state index contributed by atoms with van der Waals surface area (Å²) < 4.78 is 19.5. The van der Waals surface area contributed by atoms with Gasteiger partial charge in [-0.3, -0.25) is 14.9 Å². The number of carbonyl (C=O) groups excluding carboxylic acids is 2. The molecule has 0 spiro atoms. The summed E-state index contributed by atoms with van der Waals surface area (Å²) >= 11 is 7.64. The average molecular weight is 593 g/mol. The smallest absolute Gasteiger partial charge is 0.267 e. The first kappa shape index (κ1) is 29.0. The van der Waals surface area contributed by atoms with Crippen molar-refractivity contribution in [2.24, 2.45) is 0 Å². The highest BCUT2D eigenvalue weighted by atomic mass is 35.5. The van der Waals surface area contributed by atoms with Crippen LogP contribution in [0.5, 0.6) is 5.75 Å². The zero-order valence-corrected chi connectivity index (χ0v) is 23.9. The van der Waals surface area contributed by atoms with Crippen LogP contribution < -0.4 is 15.4 Å². The number of hydrogen-bond donors (Lipinski definition) is 3. The Morgan fingerprint density at radius 2 is 1.73 bits per heavy atom. The fourth-order valence-electron chi connectivity index (χ4n) is 5.12. The largest absolute Gasteiger partial charge is 0.494 e. The molecule has 6 nitrogen and oxygen atoms in total. The number of rotatable bonds is 9. The number of piperidine rings is 1. The molecule has 2 amide bonds. The van der Waals surface area contributed by atoms with Crippen LogP contribution in [0.15, 0.2) is 78.9 Å². The van der Waals surface area contributed by atoms with Gasteiger partial charge in [-0.05, 0) is 73.5 Å². The predicted octanol–water partition coefficient (Wildman–Crippen LogP) is 6.21. The number of halogens is 2. The number of carbonyl (C=O) groups is 2. The van der Waals surface area contributed by atoms with Crippen LogP contribution in [-0.2, 0) is 10.2 Å². The van der Waals surface area contributed by atoms with Crippen LogP contribution in [0.25, 0.3) is 21.6 Å². The molecule has 0 radical (unpaired) electrons. The van der Waals surface area contributed by atoms with Crippen LogP contribution in [-0.4, -0.2) is 43.2 Å². The number of hydrogen-bond acceptors (Lipinski definition) is 6. The van der Waals surface area contributed by atoms with Gasteiger partial charge in [0, 0.05) is 29.0 Å². The van der Waals surface area contributed by atoms with E-state index in [0.29, 0.717) is 60.0 Å². The molecule has 0 unspecified atom stereocenters. The SMILES string of the molecule is O=C(NC(=O)C1(c2ccccc2)CCNCC1)c1cc(-c2ccc(OCCCO)cc2)c(-c2ccc(F)cc2Cl)s1. The van der Waals surface area contributed by atoms with E-state index in [0.717, 1.165) is 16.7 Å². The molecular weight excluding hydrogens is 563 g/mol. The van der Waals surface area contributed by atoms with E-state index in [9.17, 15) is 14.0 Å². The first-order valence-electron chi connectivity index (χ1n) is 13.5. The lowest BCUT2D eigenvalue weighted by atomic mass is 9.72. The monoisotopic (exact) mass is 592 g/mol. The summed E-state index contributed by atoms with van der Waals surface area (Å²) in [6.07, 6.45) is 1.68. The molecule has 2 heterocycles. The third kappa shape index (κ3) is 6.36. The van der Waals surface area contributed by atoms with Crippen LogP contribution in [0, 0.1) is 5.82 Å². The molecule has 1 aliphatic rings. The number of aliphatic hydroxyl groups is 1. The molecule has 0 aliphatic carbocycles. The molecule has 1 saturated heterocycles. The van der Waals surface area contributed by atoms with Crippen molar-refractivity contribution in [1.82, 2.24) is 10.6 Å². The summed E-state index contributed by atoms with van der Waals surface area (Å²) in [4.78, 5) is 28.3. The first-order chi connectivity index (χ1) is 19.9. The Morgan fingerprint density at radius 3 is 2.41 bits per heavy atom. The normalized spacial score (nSPS) is 14.4. The van der Waals surface area contributed by atoms with Crippen LogP contribution in [0.4, 0.5) is 4.39 Å². The average Bonchev–Trinajstić information content (AvgIpc) is 3.44. The minimum atomic E-state index is -0.808. The van der Waals surface area contributed by atoms with Gasteiger partial charge < -0.3 is 15.2 Å². The van der Waals surface area contributed by atoms with Gasteiger partial charge in [0.25, 0.3) is 5.91 Å². The minimum absolute atomic E-state index is 0.0471. The fraction of sp³-hybridized carbons (Fsp3) is 0.250. The van der Waals surface area contributed by atoms with Crippen molar-refractivity contribution in [3.8, 4) is 27.3 Å². The Hall–Kier alpha value is -3.56. The van der Waals surface area contributed by atoms with Gasteiger partial charge in [0.2, 0.25) is 5.91 Å². The number of thiophene rings is 1. The van der Waals surface area contributed by atoms with Gasteiger partial charge in [-0.25, -0.2) is 4.39 Å². The number of aliphatic hydroxyl groups excluding tert-OH is 1. The molecule has 0 saturated carbocycles. The highest BCUT2D eigenvalue weighted by Gasteiger charge is 2.42. The van der Waals surface area contributed by atoms with E-state index >= 15 is 0 Å². The summed E-state index contributed by atoms with van der Waals surface area (Å²) in [6.45, 7) is 1.79. The Balaban J connectivity index is 1.47. The van der Waals surface area contributed by atoms with Crippen molar-refractivity contribution in [2.75, 3.05) is 26.3 Å². The highest BCUT2D eigenvalue weighted by molar-refractivity contribution is 7.18. The standard InChI is InChI=1S/C32H30ClFN2O4S/c33-27-19-23(34)9-12-25(27)29-26(21-7-10-24(11-8-21)40-18-4-17-37)20-28(41-29)30(38)36-31(39)32(13-15-35-16-14-32)22-5-2-1-3-6-22/h1-3,5-12,19-20,35,37H,4,13-18H2,(H,36,38,39). The van der Waals surface area contributed by atoms with Crippen molar-refractivity contribution < 1.29 is 23.8 Å². The van der Waals surface area contributed by atoms with Gasteiger partial charge in [-0.15, -0.1) is 11.3 Å². The molecule has 1 aliphatic heterocycles. The topological polar surface area (TPSA) is 87.7 Å². The summed E-state index contributed by atoms with van der Waals surface area (Å²) in [6, 6.07) is 22.8. The molecule has 4 aromatic rings. The van der Waals surface area contributed by atoms with Crippen molar-refractivity contribution >= 4 is 34.8 Å². The third-order valence-corrected chi connectivity index (χ3v) is 8.79. The number of amides is 2. The second-order valence-electron chi connectivity index (χ2n) is 9.91. The summed E-state index contributed by atoms with van der Waals surface area (Å²) in [7, 11) is 0. The number of ether oxygens (including phenoxy) is 1. The van der Waals surface area contributed by atoms with Gasteiger partial charge >= 0.3 is 0 Å². The van der Waals surface area contributed by atoms with Crippen molar-refractivity contribution in [3.05, 3.63) is 100 Å². The zero-order valence-electron chi connectivity index (χ0n) is 22.3. The molecule has 9 heteroatoms. The maximum Gasteiger partial charge on any atom is 0.267 e. The quantitative estimate of drug-likeness (QED) is 0.159. The Bertz CT molecular complexity index is 1520. The Labute approximate surface area is 247 Å². The Morgan fingerprint density at radius 1 is 1.00 bits per heavy atom. The predicted molar refractivity (Wildman–Crippen MR) is 160 cm³/mol. The third-order valence-electron chi connectivity index (χ3n) is 7.31. The van der Waals surface area contributed by atoms with E-state index in [4.69, 9.17) is 21.4 Å². The molecular formula is C32H30ClFN2O4S. The van der Waals surface area contributed by atoms with E-state index in [-0.39, 0.29) is 17.5 Å². The van der Waals surface area contributed by atoms with Gasteiger partial charge in [-0.2, -0.15) is 0 Å². The summed E-state index contributed by atoms with van der Waals surface area (Å²) in [5.74, 6) is -0.632. The van der Waals surface area contributed by atoms with E-state index in [2.05, 4.69) is 10.6 Å². The Kier molecular flexibility index (Phi) is 9.15. The molecule has 0 atom stereocenters. The number of nitrogens with one attached hydrogen (secondary N) is 2. The van der Waals surface area contributed by atoms with Crippen LogP contribution in [0.2, 0.25) is 5.02 Å². The van der Waals surface area contributed by atoms with E-state index in [1.807, 2.05) is 54.6 Å². The second kappa shape index (κ2) is 13.0. The van der Waals surface area contributed by atoms with Crippen LogP contribution in [0.1, 0.15) is 34.5 Å². The molecule has 0 bridgehead atoms. The highest BCUT2D eigenvalue weighted by Crippen LogP contribution is 2.43. The van der Waals surface area contributed by atoms with Crippen molar-refractivity contribution in [2.45, 2.75) is 24.7 Å². The minimum Gasteiger partial charge on any atom is -0.494 e. The first-order valence-corrected chi connectivity index (χ1v) is 14.7. The summed E-state index contributed by atoms with van der Waals surface area (Å²) in [5.41, 5.74) is 2.19. The number of benzene rings is 3. The fourth-order valence-corrected chi connectivity index (χ4v) is 6.55. The lowest BCUT2D eigenvalue weighted by molar-refractivity contribution is -0.126. The van der Waals surface area contributed by atoms with Crippen LogP contribution in [0.3, 0.4) is 0 Å². The van der Waals surface area contributed by atoms with Gasteiger partial charge in [0.15, 0.2) is 0 Å². The van der Waals surface area contributed by atoms with E-state index in [1.165, 1.54) is 23.5 Å². The summed E-state index contributed by atoms with van der Waals surface area (Å²) in [5, 5.41) is 15.2. The van der Waals surface area contributed by atoms with E-state index in [1.54, 1.807) is 12.1 Å². The van der Waals surface area contributed by atoms with Gasteiger partial charge in [-0.1, -0.05) is 54.1 Å². The molecule has 41 heavy (non-hydrogen) atoms. The van der Waals surface area contributed by atoms with Gasteiger partial charge in [0.05, 0.1) is 21.9 Å². The second-order valence-corrected chi connectivity index (χ2v) is 11.4. The molecule has 1 aromatic heterocycles. The lowest BCUT2D eigenvalue weighted by Gasteiger charge is -2.36. The van der Waals surface area contributed by atoms with Crippen LogP contribution >= 0.6 is 22.9 Å². The molecule has 3 aromatic carbocycles. The lowest BCUT2D eigenvalue weighted by Crippen LogP contribution is -2.52. The van der Waals surface area contributed by atoms with Crippen molar-refractivity contribution in [1.29, 1.82) is 0 Å². The molecule has 212 valence electrons. The zero-order chi connectivity index (χ0) is 28.8. The van der Waals surface area contributed by atoms with E-state index < -0.39 is 17.1 Å². The maximum absolute atomic E-state index is 13.9.